The smallest absolute Gasteiger partial charge is 0.257 e. The lowest BCUT2D eigenvalue weighted by molar-refractivity contribution is -0.114. The number of anilines is 2. The van der Waals surface area contributed by atoms with Gasteiger partial charge in [-0.2, -0.15) is 0 Å². The van der Waals surface area contributed by atoms with Crippen LogP contribution in [0.25, 0.3) is 0 Å². The van der Waals surface area contributed by atoms with Crippen LogP contribution in [0.4, 0.5) is 15.8 Å². The topological polar surface area (TPSA) is 80.2 Å². The van der Waals surface area contributed by atoms with Crippen molar-refractivity contribution in [1.29, 1.82) is 0 Å². The fourth-order valence-electron chi connectivity index (χ4n) is 2.66. The Morgan fingerprint density at radius 1 is 0.964 bits per heavy atom. The number of nitrogens with one attached hydrogen (secondary N) is 2. The number of benzene rings is 2. The Labute approximate surface area is 160 Å². The highest BCUT2D eigenvalue weighted by molar-refractivity contribution is 6.04. The van der Waals surface area contributed by atoms with Crippen molar-refractivity contribution in [2.45, 2.75) is 13.5 Å². The Morgan fingerprint density at radius 2 is 1.64 bits per heavy atom. The molecule has 2 aromatic carbocycles. The molecule has 142 valence electrons. The minimum absolute atomic E-state index is 0.156. The third-order valence-electron chi connectivity index (χ3n) is 3.95. The molecule has 0 saturated heterocycles. The van der Waals surface area contributed by atoms with Crippen LogP contribution in [0, 0.1) is 5.82 Å². The highest BCUT2D eigenvalue weighted by Gasteiger charge is 2.09. The molecule has 3 rings (SSSR count). The van der Waals surface area contributed by atoms with Crippen molar-refractivity contribution in [2.24, 2.45) is 0 Å². The van der Waals surface area contributed by atoms with E-state index in [9.17, 15) is 18.8 Å². The lowest BCUT2D eigenvalue weighted by Crippen LogP contribution is -2.22. The molecule has 0 aliphatic carbocycles. The van der Waals surface area contributed by atoms with Gasteiger partial charge in [0.1, 0.15) is 5.82 Å². The summed E-state index contributed by atoms with van der Waals surface area (Å²) >= 11 is 0. The van der Waals surface area contributed by atoms with Gasteiger partial charge in [-0.25, -0.2) is 4.39 Å². The largest absolute Gasteiger partial charge is 0.326 e. The van der Waals surface area contributed by atoms with Crippen molar-refractivity contribution in [3.8, 4) is 0 Å². The molecule has 0 aliphatic rings. The zero-order chi connectivity index (χ0) is 20.1. The van der Waals surface area contributed by atoms with Crippen LogP contribution in [0.3, 0.4) is 0 Å². The number of carbonyl (C=O) groups excluding carboxylic acids is 2. The van der Waals surface area contributed by atoms with Gasteiger partial charge < -0.3 is 15.2 Å². The number of amides is 2. The first-order valence-corrected chi connectivity index (χ1v) is 8.55. The number of nitrogens with zero attached hydrogens (tertiary/aromatic N) is 1. The van der Waals surface area contributed by atoms with Crippen LogP contribution in [0.1, 0.15) is 22.8 Å². The molecule has 0 atom stereocenters. The van der Waals surface area contributed by atoms with Gasteiger partial charge in [0.05, 0.1) is 12.1 Å². The van der Waals surface area contributed by atoms with Crippen molar-refractivity contribution in [2.75, 3.05) is 10.6 Å². The highest BCUT2D eigenvalue weighted by atomic mass is 19.1. The van der Waals surface area contributed by atoms with Gasteiger partial charge in [0.25, 0.3) is 11.5 Å². The van der Waals surface area contributed by atoms with Gasteiger partial charge >= 0.3 is 0 Å². The lowest BCUT2D eigenvalue weighted by Gasteiger charge is -2.10. The van der Waals surface area contributed by atoms with Crippen LogP contribution in [-0.2, 0) is 11.3 Å². The van der Waals surface area contributed by atoms with Crippen LogP contribution in [0.5, 0.6) is 0 Å². The predicted molar refractivity (Wildman–Crippen MR) is 105 cm³/mol. The molecule has 1 heterocycles. The van der Waals surface area contributed by atoms with Crippen LogP contribution < -0.4 is 16.2 Å². The minimum atomic E-state index is -0.389. The first kappa shape index (κ1) is 19.0. The maximum absolute atomic E-state index is 13.3. The Kier molecular flexibility index (Phi) is 5.64. The lowest BCUT2D eigenvalue weighted by atomic mass is 10.2. The molecule has 2 amide bonds. The Hall–Kier alpha value is -3.74. The summed E-state index contributed by atoms with van der Waals surface area (Å²) in [7, 11) is 0. The quantitative estimate of drug-likeness (QED) is 0.714. The molecule has 0 unspecified atom stereocenters. The van der Waals surface area contributed by atoms with Gasteiger partial charge in [0, 0.05) is 30.6 Å². The van der Waals surface area contributed by atoms with Gasteiger partial charge in [0.2, 0.25) is 5.91 Å². The number of halogens is 1. The summed E-state index contributed by atoms with van der Waals surface area (Å²) in [6.45, 7) is 1.57. The van der Waals surface area contributed by atoms with Gasteiger partial charge in [-0.05, 0) is 48.0 Å². The number of aromatic nitrogens is 1. The van der Waals surface area contributed by atoms with E-state index >= 15 is 0 Å². The van der Waals surface area contributed by atoms with E-state index in [1.165, 1.54) is 42.0 Å². The van der Waals surface area contributed by atoms with E-state index in [-0.39, 0.29) is 29.7 Å². The zero-order valence-electron chi connectivity index (χ0n) is 15.1. The van der Waals surface area contributed by atoms with E-state index in [1.807, 2.05) is 0 Å². The van der Waals surface area contributed by atoms with Crippen molar-refractivity contribution in [3.63, 3.8) is 0 Å². The molecule has 28 heavy (non-hydrogen) atoms. The average Bonchev–Trinajstić information content (AvgIpc) is 2.65. The normalized spacial score (nSPS) is 10.4. The van der Waals surface area contributed by atoms with E-state index in [0.29, 0.717) is 22.5 Å². The van der Waals surface area contributed by atoms with Crippen molar-refractivity contribution < 1.29 is 14.0 Å². The Morgan fingerprint density at radius 3 is 2.29 bits per heavy atom. The zero-order valence-corrected chi connectivity index (χ0v) is 15.1. The number of carbonyl (C=O) groups is 2. The third-order valence-corrected chi connectivity index (χ3v) is 3.95. The monoisotopic (exact) mass is 379 g/mol. The summed E-state index contributed by atoms with van der Waals surface area (Å²) in [4.78, 5) is 35.6. The molecule has 2 N–H and O–H groups in total. The fraction of sp³-hybridized carbons (Fsp3) is 0.0952. The van der Waals surface area contributed by atoms with Crippen LogP contribution >= 0.6 is 0 Å². The van der Waals surface area contributed by atoms with Crippen molar-refractivity contribution in [1.82, 2.24) is 4.57 Å². The van der Waals surface area contributed by atoms with Gasteiger partial charge in [-0.3, -0.25) is 14.4 Å². The van der Waals surface area contributed by atoms with Crippen molar-refractivity contribution in [3.05, 3.63) is 94.2 Å². The second kappa shape index (κ2) is 8.30. The van der Waals surface area contributed by atoms with E-state index < -0.39 is 0 Å². The molecule has 0 spiro atoms. The third kappa shape index (κ3) is 4.91. The van der Waals surface area contributed by atoms with Crippen LogP contribution in [-0.4, -0.2) is 16.4 Å². The molecular weight excluding hydrogens is 361 g/mol. The first-order chi connectivity index (χ1) is 13.4. The molecule has 1 aromatic heterocycles. The predicted octanol–water partition coefficient (Wildman–Crippen LogP) is 3.25. The van der Waals surface area contributed by atoms with Crippen molar-refractivity contribution >= 4 is 23.2 Å². The summed E-state index contributed by atoms with van der Waals surface area (Å²) in [5, 5.41) is 5.37. The molecule has 6 nitrogen and oxygen atoms in total. The molecule has 0 radical (unpaired) electrons. The first-order valence-electron chi connectivity index (χ1n) is 8.55. The summed E-state index contributed by atoms with van der Waals surface area (Å²) in [5.74, 6) is -0.959. The number of rotatable bonds is 5. The average molecular weight is 379 g/mol. The maximum Gasteiger partial charge on any atom is 0.257 e. The molecule has 0 fully saturated rings. The summed E-state index contributed by atoms with van der Waals surface area (Å²) < 4.78 is 14.7. The van der Waals surface area contributed by atoms with E-state index in [1.54, 1.807) is 36.4 Å². The minimum Gasteiger partial charge on any atom is -0.326 e. The Balaban J connectivity index is 1.75. The number of hydrogen-bond acceptors (Lipinski definition) is 3. The summed E-state index contributed by atoms with van der Waals surface area (Å²) in [5.41, 5.74) is 1.78. The molecular formula is C21H18FN3O3. The standard InChI is InChI=1S/C21H18FN3O3/c1-14(26)23-18-6-8-19(9-7-18)24-21(28)16-5-10-20(27)25(13-16)12-15-3-2-4-17(22)11-15/h2-11,13H,12H2,1H3,(H,23,26)(H,24,28). The van der Waals surface area contributed by atoms with E-state index in [0.717, 1.165) is 0 Å². The van der Waals surface area contributed by atoms with Gasteiger partial charge in [-0.1, -0.05) is 12.1 Å². The SMILES string of the molecule is CC(=O)Nc1ccc(NC(=O)c2ccc(=O)n(Cc3cccc(F)c3)c2)cc1. The van der Waals surface area contributed by atoms with Crippen LogP contribution in [0.2, 0.25) is 0 Å². The number of hydrogen-bond donors (Lipinski definition) is 2. The summed E-state index contributed by atoms with van der Waals surface area (Å²) in [6, 6.07) is 15.3. The molecule has 0 aliphatic heterocycles. The molecule has 0 bridgehead atoms. The highest BCUT2D eigenvalue weighted by Crippen LogP contribution is 2.14. The molecule has 3 aromatic rings. The second-order valence-corrected chi connectivity index (χ2v) is 6.23. The maximum atomic E-state index is 13.3. The van der Waals surface area contributed by atoms with E-state index in [4.69, 9.17) is 0 Å². The van der Waals surface area contributed by atoms with Gasteiger partial charge in [0.15, 0.2) is 0 Å². The second-order valence-electron chi connectivity index (χ2n) is 6.23. The Bertz CT molecular complexity index is 1070. The van der Waals surface area contributed by atoms with Gasteiger partial charge in [-0.15, -0.1) is 0 Å². The van der Waals surface area contributed by atoms with Crippen LogP contribution in [0.15, 0.2) is 71.7 Å². The van der Waals surface area contributed by atoms with E-state index in [2.05, 4.69) is 10.6 Å². The molecule has 0 saturated carbocycles. The number of pyridine rings is 1. The fourth-order valence-corrected chi connectivity index (χ4v) is 2.66. The molecule has 7 heteroatoms. The summed E-state index contributed by atoms with van der Waals surface area (Å²) in [6.07, 6.45) is 1.44.